The molecule has 10 aromatic carbocycles. The monoisotopic (exact) mass is 799 g/mol. The molecule has 0 saturated carbocycles. The summed E-state index contributed by atoms with van der Waals surface area (Å²) in [6.07, 6.45) is 0. The van der Waals surface area contributed by atoms with Crippen LogP contribution in [0.2, 0.25) is 0 Å². The first-order valence-corrected chi connectivity index (χ1v) is 23.3. The molecular weight excluding hydrogens is 763 g/mol. The SMILES string of the molecule is c1ccc([Si]2(c3ccc4cc(N(c5ccc(-c6cccc7ccccc67)cc5)c5ccc6c(c5)sc5ccccc56)ccc4c3)c3ccccc3Oc3ccccc32)cc1. The Morgan fingerprint density at radius 2 is 0.967 bits per heavy atom. The highest BCUT2D eigenvalue weighted by Crippen LogP contribution is 2.42. The summed E-state index contributed by atoms with van der Waals surface area (Å²) < 4.78 is 9.21. The first-order chi connectivity index (χ1) is 29.7. The first-order valence-electron chi connectivity index (χ1n) is 20.5. The quantitative estimate of drug-likeness (QED) is 0.155. The Morgan fingerprint density at radius 3 is 1.78 bits per heavy atom. The molecule has 2 nitrogen and oxygen atoms in total. The zero-order valence-corrected chi connectivity index (χ0v) is 34.4. The minimum Gasteiger partial charge on any atom is -0.458 e. The van der Waals surface area contributed by atoms with Crippen molar-refractivity contribution in [1.29, 1.82) is 0 Å². The number of anilines is 3. The van der Waals surface area contributed by atoms with Crippen molar-refractivity contribution in [3.8, 4) is 22.6 Å². The predicted molar refractivity (Wildman–Crippen MR) is 258 cm³/mol. The van der Waals surface area contributed by atoms with Crippen molar-refractivity contribution >= 4 is 98.9 Å². The second kappa shape index (κ2) is 14.0. The fraction of sp³-hybridized carbons (Fsp3) is 0. The molecule has 0 radical (unpaired) electrons. The molecule has 1 aliphatic rings. The fourth-order valence-corrected chi connectivity index (χ4v) is 15.7. The van der Waals surface area contributed by atoms with E-state index in [4.69, 9.17) is 4.74 Å². The van der Waals surface area contributed by atoms with Crippen LogP contribution in [0.15, 0.2) is 224 Å². The highest BCUT2D eigenvalue weighted by atomic mass is 32.1. The predicted octanol–water partition coefficient (Wildman–Crippen LogP) is 13.0. The van der Waals surface area contributed by atoms with Crippen LogP contribution in [-0.4, -0.2) is 8.07 Å². The van der Waals surface area contributed by atoms with Crippen molar-refractivity contribution in [2.75, 3.05) is 4.90 Å². The highest BCUT2D eigenvalue weighted by Gasteiger charge is 2.47. The maximum absolute atomic E-state index is 6.61. The van der Waals surface area contributed by atoms with Gasteiger partial charge in [0, 0.05) is 37.2 Å². The van der Waals surface area contributed by atoms with Gasteiger partial charge in [-0.05, 0) is 108 Å². The Kier molecular flexibility index (Phi) is 8.08. The van der Waals surface area contributed by atoms with Crippen molar-refractivity contribution < 1.29 is 4.74 Å². The molecule has 0 amide bonds. The van der Waals surface area contributed by atoms with Gasteiger partial charge in [0.1, 0.15) is 11.5 Å². The fourth-order valence-electron chi connectivity index (χ4n) is 9.64. The first kappa shape index (κ1) is 34.8. The molecule has 0 bridgehead atoms. The van der Waals surface area contributed by atoms with Gasteiger partial charge >= 0.3 is 0 Å². The Balaban J connectivity index is 1.02. The molecule has 0 aliphatic carbocycles. The molecule has 282 valence electrons. The van der Waals surface area contributed by atoms with Crippen LogP contribution >= 0.6 is 11.3 Å². The number of hydrogen-bond donors (Lipinski definition) is 0. The topological polar surface area (TPSA) is 12.5 Å². The lowest BCUT2D eigenvalue weighted by Crippen LogP contribution is -2.76. The number of ether oxygens (including phenoxy) is 1. The van der Waals surface area contributed by atoms with Crippen molar-refractivity contribution in [2.45, 2.75) is 0 Å². The summed E-state index contributed by atoms with van der Waals surface area (Å²) in [5.74, 6) is 1.89. The van der Waals surface area contributed by atoms with Crippen LogP contribution in [0.1, 0.15) is 0 Å². The summed E-state index contributed by atoms with van der Waals surface area (Å²) in [6.45, 7) is 0. The standard InChI is InChI=1S/C56H37NOSSi/c1-2-15-45(16-3-1)60(55-23-10-7-20-51(55)58-52-21-8-11-24-56(52)60)46-33-28-40-35-43(31-27-41(40)36-46)57(44-32-34-50-49-18-6-9-22-53(49)59-54(50)37-44)42-29-25-39(26-30-42)48-19-12-14-38-13-4-5-17-47(38)48/h1-37H. The lowest BCUT2D eigenvalue weighted by molar-refractivity contribution is 0.487. The van der Waals surface area contributed by atoms with Gasteiger partial charge in [0.25, 0.3) is 0 Å². The van der Waals surface area contributed by atoms with Gasteiger partial charge in [-0.15, -0.1) is 11.3 Å². The van der Waals surface area contributed by atoms with Crippen LogP contribution < -0.4 is 30.4 Å². The summed E-state index contributed by atoms with van der Waals surface area (Å²) in [7, 11) is -2.76. The molecular formula is C56H37NOSSi. The van der Waals surface area contributed by atoms with E-state index >= 15 is 0 Å². The normalized spacial score (nSPS) is 12.9. The van der Waals surface area contributed by atoms with Gasteiger partial charge < -0.3 is 9.64 Å². The minimum atomic E-state index is -2.76. The van der Waals surface area contributed by atoms with E-state index in [1.165, 1.54) is 73.6 Å². The van der Waals surface area contributed by atoms with E-state index < -0.39 is 8.07 Å². The van der Waals surface area contributed by atoms with E-state index in [9.17, 15) is 0 Å². The van der Waals surface area contributed by atoms with Crippen molar-refractivity contribution in [1.82, 2.24) is 0 Å². The maximum atomic E-state index is 6.61. The number of para-hydroxylation sites is 2. The average Bonchev–Trinajstić information content (AvgIpc) is 3.69. The number of rotatable bonds is 6. The van der Waals surface area contributed by atoms with Crippen LogP contribution in [-0.2, 0) is 0 Å². The third-order valence-corrected chi connectivity index (χ3v) is 18.3. The van der Waals surface area contributed by atoms with Gasteiger partial charge in [0.05, 0.1) is 0 Å². The lowest BCUT2D eigenvalue weighted by atomic mass is 9.98. The molecule has 1 aliphatic heterocycles. The number of nitrogens with zero attached hydrogens (tertiary/aromatic N) is 1. The second-order valence-electron chi connectivity index (χ2n) is 15.6. The van der Waals surface area contributed by atoms with E-state index in [-0.39, 0.29) is 0 Å². The number of benzene rings is 10. The summed E-state index contributed by atoms with van der Waals surface area (Å²) in [4.78, 5) is 2.41. The van der Waals surface area contributed by atoms with Gasteiger partial charge in [-0.3, -0.25) is 0 Å². The van der Waals surface area contributed by atoms with Gasteiger partial charge in [0.2, 0.25) is 0 Å². The minimum absolute atomic E-state index is 0.944. The molecule has 60 heavy (non-hydrogen) atoms. The Morgan fingerprint density at radius 1 is 0.367 bits per heavy atom. The molecule has 0 N–H and O–H groups in total. The van der Waals surface area contributed by atoms with Crippen LogP contribution in [0.3, 0.4) is 0 Å². The molecule has 0 atom stereocenters. The van der Waals surface area contributed by atoms with Gasteiger partial charge in [-0.1, -0.05) is 170 Å². The van der Waals surface area contributed by atoms with Gasteiger partial charge in [0.15, 0.2) is 8.07 Å². The number of fused-ring (bicyclic) bond motifs is 7. The molecule has 0 saturated heterocycles. The molecule has 4 heteroatoms. The van der Waals surface area contributed by atoms with Crippen LogP contribution in [0.25, 0.3) is 52.8 Å². The van der Waals surface area contributed by atoms with Crippen LogP contribution in [0, 0.1) is 0 Å². The summed E-state index contributed by atoms with van der Waals surface area (Å²) >= 11 is 1.86. The number of hydrogen-bond acceptors (Lipinski definition) is 3. The Hall–Kier alpha value is -7.24. The van der Waals surface area contributed by atoms with Crippen molar-refractivity contribution in [3.63, 3.8) is 0 Å². The Bertz CT molecular complexity index is 3380. The number of thiophene rings is 1. The molecule has 0 unspecified atom stereocenters. The Labute approximate surface area is 353 Å². The highest BCUT2D eigenvalue weighted by molar-refractivity contribution is 7.25. The van der Waals surface area contributed by atoms with E-state index in [2.05, 4.69) is 229 Å². The van der Waals surface area contributed by atoms with Crippen LogP contribution in [0.5, 0.6) is 11.5 Å². The smallest absolute Gasteiger partial charge is 0.188 e. The van der Waals surface area contributed by atoms with E-state index in [0.29, 0.717) is 0 Å². The molecule has 11 aromatic rings. The van der Waals surface area contributed by atoms with E-state index in [0.717, 1.165) is 28.6 Å². The van der Waals surface area contributed by atoms with E-state index in [1.54, 1.807) is 0 Å². The average molecular weight is 800 g/mol. The zero-order chi connectivity index (χ0) is 39.6. The maximum Gasteiger partial charge on any atom is 0.188 e. The van der Waals surface area contributed by atoms with Crippen LogP contribution in [0.4, 0.5) is 17.1 Å². The van der Waals surface area contributed by atoms with Gasteiger partial charge in [-0.25, -0.2) is 0 Å². The van der Waals surface area contributed by atoms with Crippen molar-refractivity contribution in [3.05, 3.63) is 224 Å². The largest absolute Gasteiger partial charge is 0.458 e. The third-order valence-electron chi connectivity index (χ3n) is 12.4. The summed E-state index contributed by atoms with van der Waals surface area (Å²) in [5.41, 5.74) is 5.81. The van der Waals surface area contributed by atoms with Crippen molar-refractivity contribution in [2.24, 2.45) is 0 Å². The lowest BCUT2D eigenvalue weighted by Gasteiger charge is -2.39. The molecule has 0 fully saturated rings. The third kappa shape index (κ3) is 5.46. The molecule has 12 rings (SSSR count). The molecule has 1 aromatic heterocycles. The zero-order valence-electron chi connectivity index (χ0n) is 32.6. The summed E-state index contributed by atoms with van der Waals surface area (Å²) in [6, 6.07) is 82.5. The molecule has 2 heterocycles. The van der Waals surface area contributed by atoms with Gasteiger partial charge in [-0.2, -0.15) is 0 Å². The second-order valence-corrected chi connectivity index (χ2v) is 20.5. The molecule has 0 spiro atoms. The van der Waals surface area contributed by atoms with E-state index in [1.807, 2.05) is 11.3 Å². The summed E-state index contributed by atoms with van der Waals surface area (Å²) in [5, 5.41) is 12.8.